The Labute approximate surface area is 121 Å². The predicted molar refractivity (Wildman–Crippen MR) is 80.6 cm³/mol. The molecule has 20 heavy (non-hydrogen) atoms. The third-order valence-electron chi connectivity index (χ3n) is 4.36. The molecule has 1 aliphatic heterocycles. The summed E-state index contributed by atoms with van der Waals surface area (Å²) in [7, 11) is 0. The lowest BCUT2D eigenvalue weighted by Gasteiger charge is -2.15. The molecule has 0 atom stereocenters. The second-order valence-electron chi connectivity index (χ2n) is 5.99. The fourth-order valence-corrected chi connectivity index (χ4v) is 3.03. The van der Waals surface area contributed by atoms with Crippen LogP contribution in [0.4, 0.5) is 0 Å². The summed E-state index contributed by atoms with van der Waals surface area (Å²) >= 11 is 0. The zero-order chi connectivity index (χ0) is 13.8. The van der Waals surface area contributed by atoms with Crippen LogP contribution in [0.25, 0.3) is 0 Å². The van der Waals surface area contributed by atoms with Crippen LogP contribution in [0.15, 0.2) is 24.3 Å². The molecule has 2 fully saturated rings. The van der Waals surface area contributed by atoms with Crippen molar-refractivity contribution in [2.75, 3.05) is 19.6 Å². The number of nitrogens with zero attached hydrogens (tertiary/aromatic N) is 1. The van der Waals surface area contributed by atoms with Crippen molar-refractivity contribution in [3.8, 4) is 0 Å². The maximum Gasteiger partial charge on any atom is 0.223 e. The lowest BCUT2D eigenvalue weighted by molar-refractivity contribution is -0.130. The Hall–Kier alpha value is -1.35. The quantitative estimate of drug-likeness (QED) is 0.808. The summed E-state index contributed by atoms with van der Waals surface area (Å²) in [5.74, 6) is 1.10. The van der Waals surface area contributed by atoms with E-state index < -0.39 is 0 Å². The van der Waals surface area contributed by atoms with Gasteiger partial charge in [0, 0.05) is 32.6 Å². The minimum absolute atomic E-state index is 0.311. The molecule has 2 aliphatic rings. The smallest absolute Gasteiger partial charge is 0.223 e. The second kappa shape index (κ2) is 6.40. The third-order valence-corrected chi connectivity index (χ3v) is 4.36. The van der Waals surface area contributed by atoms with Gasteiger partial charge >= 0.3 is 0 Å². The zero-order valence-corrected chi connectivity index (χ0v) is 12.1. The van der Waals surface area contributed by atoms with E-state index in [4.69, 9.17) is 0 Å². The molecule has 0 aromatic heterocycles. The molecule has 3 rings (SSSR count). The summed E-state index contributed by atoms with van der Waals surface area (Å²) < 4.78 is 0. The molecule has 1 aromatic carbocycles. The van der Waals surface area contributed by atoms with Gasteiger partial charge in [0.25, 0.3) is 0 Å². The van der Waals surface area contributed by atoms with Crippen LogP contribution in [0.2, 0.25) is 0 Å². The highest BCUT2D eigenvalue weighted by Gasteiger charge is 2.25. The van der Waals surface area contributed by atoms with Crippen LogP contribution >= 0.6 is 0 Å². The van der Waals surface area contributed by atoms with Gasteiger partial charge in [0.2, 0.25) is 5.91 Å². The van der Waals surface area contributed by atoms with Gasteiger partial charge in [0.05, 0.1) is 0 Å². The molecule has 1 aliphatic carbocycles. The number of likely N-dealkylation sites (tertiary alicyclic amines) is 1. The molecule has 0 bridgehead atoms. The van der Waals surface area contributed by atoms with Crippen molar-refractivity contribution in [3.63, 3.8) is 0 Å². The number of nitrogens with one attached hydrogen (secondary N) is 1. The minimum Gasteiger partial charge on any atom is -0.343 e. The predicted octanol–water partition coefficient (Wildman–Crippen LogP) is 2.67. The molecule has 3 nitrogen and oxygen atoms in total. The lowest BCUT2D eigenvalue weighted by Crippen LogP contribution is -2.30. The number of carbonyl (C=O) groups is 1. The molecular weight excluding hydrogens is 248 g/mol. The van der Waals surface area contributed by atoms with Crippen molar-refractivity contribution in [1.82, 2.24) is 10.2 Å². The maximum absolute atomic E-state index is 11.9. The molecule has 1 aromatic rings. The van der Waals surface area contributed by atoms with E-state index >= 15 is 0 Å². The monoisotopic (exact) mass is 272 g/mol. The molecule has 1 saturated carbocycles. The van der Waals surface area contributed by atoms with E-state index in [0.717, 1.165) is 32.1 Å². The average Bonchev–Trinajstić information content (AvgIpc) is 3.17. The number of benzene rings is 1. The van der Waals surface area contributed by atoms with E-state index in [1.54, 1.807) is 0 Å². The van der Waals surface area contributed by atoms with Gasteiger partial charge < -0.3 is 10.2 Å². The fourth-order valence-electron chi connectivity index (χ4n) is 3.03. The van der Waals surface area contributed by atoms with Crippen LogP contribution in [0.5, 0.6) is 0 Å². The summed E-state index contributed by atoms with van der Waals surface area (Å²) in [6, 6.07) is 8.71. The molecule has 0 spiro atoms. The summed E-state index contributed by atoms with van der Waals surface area (Å²) in [6.07, 6.45) is 5.66. The summed E-state index contributed by atoms with van der Waals surface area (Å²) in [5.41, 5.74) is 2.91. The van der Waals surface area contributed by atoms with Crippen molar-refractivity contribution < 1.29 is 4.79 Å². The normalized spacial score (nSPS) is 18.5. The molecule has 3 heteroatoms. The average molecular weight is 272 g/mol. The molecule has 108 valence electrons. The SMILES string of the molecule is O=C(CCNCc1ccccc1C1CC1)N1CCCC1. The first-order chi connectivity index (χ1) is 9.84. The minimum atomic E-state index is 0.311. The molecule has 1 N–H and O–H groups in total. The summed E-state index contributed by atoms with van der Waals surface area (Å²) in [4.78, 5) is 13.9. The van der Waals surface area contributed by atoms with Crippen LogP contribution in [-0.4, -0.2) is 30.4 Å². The maximum atomic E-state index is 11.9. The van der Waals surface area contributed by atoms with E-state index in [-0.39, 0.29) is 0 Å². The Morgan fingerprint density at radius 1 is 1.20 bits per heavy atom. The van der Waals surface area contributed by atoms with Gasteiger partial charge in [0.1, 0.15) is 0 Å². The highest BCUT2D eigenvalue weighted by molar-refractivity contribution is 5.76. The van der Waals surface area contributed by atoms with Gasteiger partial charge in [-0.2, -0.15) is 0 Å². The van der Waals surface area contributed by atoms with Gasteiger partial charge in [0.15, 0.2) is 0 Å². The van der Waals surface area contributed by atoms with Gasteiger partial charge in [-0.15, -0.1) is 0 Å². The first kappa shape index (κ1) is 13.6. The van der Waals surface area contributed by atoms with E-state index in [1.165, 1.54) is 36.8 Å². The Morgan fingerprint density at radius 3 is 2.70 bits per heavy atom. The van der Waals surface area contributed by atoms with Crippen molar-refractivity contribution in [2.24, 2.45) is 0 Å². The highest BCUT2D eigenvalue weighted by atomic mass is 16.2. The lowest BCUT2D eigenvalue weighted by atomic mass is 10.0. The Kier molecular flexibility index (Phi) is 4.36. The Bertz CT molecular complexity index is 462. The van der Waals surface area contributed by atoms with E-state index in [2.05, 4.69) is 29.6 Å². The molecule has 1 saturated heterocycles. The number of carbonyl (C=O) groups excluding carboxylic acids is 1. The fraction of sp³-hybridized carbons (Fsp3) is 0.588. The number of hydrogen-bond acceptors (Lipinski definition) is 2. The van der Waals surface area contributed by atoms with Crippen molar-refractivity contribution in [1.29, 1.82) is 0 Å². The Morgan fingerprint density at radius 2 is 1.95 bits per heavy atom. The second-order valence-corrected chi connectivity index (χ2v) is 5.99. The Balaban J connectivity index is 1.42. The zero-order valence-electron chi connectivity index (χ0n) is 12.1. The van der Waals surface area contributed by atoms with Crippen LogP contribution in [0, 0.1) is 0 Å². The van der Waals surface area contributed by atoms with Gasteiger partial charge in [-0.05, 0) is 42.7 Å². The highest BCUT2D eigenvalue weighted by Crippen LogP contribution is 2.41. The van der Waals surface area contributed by atoms with Crippen LogP contribution in [0.1, 0.15) is 49.1 Å². The molecule has 0 unspecified atom stereocenters. The standard InChI is InChI=1S/C17H24N2O/c20-17(19-11-3-4-12-19)9-10-18-13-15-5-1-2-6-16(15)14-7-8-14/h1-2,5-6,14,18H,3-4,7-13H2. The van der Waals surface area contributed by atoms with Gasteiger partial charge in [-0.3, -0.25) is 4.79 Å². The number of rotatable bonds is 6. The third kappa shape index (κ3) is 3.40. The number of amides is 1. The van der Waals surface area contributed by atoms with Crippen molar-refractivity contribution in [3.05, 3.63) is 35.4 Å². The molecule has 1 amide bonds. The number of hydrogen-bond donors (Lipinski definition) is 1. The van der Waals surface area contributed by atoms with Crippen LogP contribution in [0.3, 0.4) is 0 Å². The topological polar surface area (TPSA) is 32.3 Å². The first-order valence-corrected chi connectivity index (χ1v) is 7.91. The van der Waals surface area contributed by atoms with Gasteiger partial charge in [-0.25, -0.2) is 0 Å². The van der Waals surface area contributed by atoms with Crippen molar-refractivity contribution >= 4 is 5.91 Å². The first-order valence-electron chi connectivity index (χ1n) is 7.91. The summed E-state index contributed by atoms with van der Waals surface area (Å²) in [6.45, 7) is 3.60. The van der Waals surface area contributed by atoms with E-state index in [0.29, 0.717) is 12.3 Å². The van der Waals surface area contributed by atoms with E-state index in [1.807, 2.05) is 4.90 Å². The van der Waals surface area contributed by atoms with Crippen LogP contribution in [-0.2, 0) is 11.3 Å². The summed E-state index contributed by atoms with van der Waals surface area (Å²) in [5, 5.41) is 3.43. The van der Waals surface area contributed by atoms with E-state index in [9.17, 15) is 4.79 Å². The van der Waals surface area contributed by atoms with Crippen LogP contribution < -0.4 is 5.32 Å². The molecular formula is C17H24N2O. The molecule has 1 heterocycles. The largest absolute Gasteiger partial charge is 0.343 e. The van der Waals surface area contributed by atoms with Crippen molar-refractivity contribution in [2.45, 2.75) is 44.6 Å². The molecule has 0 radical (unpaired) electrons. The van der Waals surface area contributed by atoms with Gasteiger partial charge in [-0.1, -0.05) is 24.3 Å².